The van der Waals surface area contributed by atoms with E-state index in [-0.39, 0.29) is 12.6 Å². The molecule has 0 amide bonds. The molecule has 2 unspecified atom stereocenters. The first kappa shape index (κ1) is 18.7. The molecule has 0 radical (unpaired) electrons. The lowest BCUT2D eigenvalue weighted by atomic mass is 10.1. The number of aromatic amines is 1. The summed E-state index contributed by atoms with van der Waals surface area (Å²) in [7, 11) is 0. The lowest BCUT2D eigenvalue weighted by molar-refractivity contribution is 0.0865. The highest BCUT2D eigenvalue weighted by Crippen LogP contribution is 2.31. The Labute approximate surface area is 160 Å². The summed E-state index contributed by atoms with van der Waals surface area (Å²) >= 11 is 0. The van der Waals surface area contributed by atoms with Gasteiger partial charge in [0.1, 0.15) is 17.8 Å². The third-order valence-corrected chi connectivity index (χ3v) is 6.22. The highest BCUT2D eigenvalue weighted by molar-refractivity contribution is 5.87. The van der Waals surface area contributed by atoms with E-state index in [4.69, 9.17) is 0 Å². The van der Waals surface area contributed by atoms with Crippen molar-refractivity contribution in [2.24, 2.45) is 0 Å². The van der Waals surface area contributed by atoms with Crippen molar-refractivity contribution >= 4 is 16.9 Å². The molecule has 0 saturated heterocycles. The molecule has 2 aliphatic carbocycles. The quantitative estimate of drug-likeness (QED) is 0.565. The van der Waals surface area contributed by atoms with Crippen LogP contribution in [0.4, 0.5) is 5.82 Å². The molecule has 2 aromatic heterocycles. The number of hydrogen-bond donors (Lipinski definition) is 4. The van der Waals surface area contributed by atoms with Gasteiger partial charge >= 0.3 is 0 Å². The lowest BCUT2D eigenvalue weighted by Crippen LogP contribution is -2.52. The molecule has 2 aliphatic rings. The van der Waals surface area contributed by atoms with Crippen LogP contribution in [-0.4, -0.2) is 62.5 Å². The van der Waals surface area contributed by atoms with Gasteiger partial charge in [0.15, 0.2) is 0 Å². The van der Waals surface area contributed by atoms with Crippen molar-refractivity contribution in [1.82, 2.24) is 20.3 Å². The summed E-state index contributed by atoms with van der Waals surface area (Å²) in [5.74, 6) is 0.879. The summed E-state index contributed by atoms with van der Waals surface area (Å²) < 4.78 is 0. The Morgan fingerprint density at radius 3 is 2.63 bits per heavy atom. The molecule has 0 aliphatic heterocycles. The predicted octanol–water partition coefficient (Wildman–Crippen LogP) is 1.96. The minimum Gasteiger partial charge on any atom is -0.395 e. The first-order valence-electron chi connectivity index (χ1n) is 10.4. The molecule has 2 heterocycles. The van der Waals surface area contributed by atoms with Crippen molar-refractivity contribution in [2.75, 3.05) is 18.1 Å². The molecule has 0 spiro atoms. The fourth-order valence-electron chi connectivity index (χ4n) is 4.72. The van der Waals surface area contributed by atoms with Crippen LogP contribution in [0, 0.1) is 0 Å². The van der Waals surface area contributed by atoms with E-state index >= 15 is 0 Å². The van der Waals surface area contributed by atoms with Crippen LogP contribution in [-0.2, 0) is 0 Å². The fourth-order valence-corrected chi connectivity index (χ4v) is 4.72. The van der Waals surface area contributed by atoms with Crippen molar-refractivity contribution in [3.63, 3.8) is 0 Å². The smallest absolute Gasteiger partial charge is 0.142 e. The summed E-state index contributed by atoms with van der Waals surface area (Å²) in [5, 5.41) is 25.3. The molecule has 7 heteroatoms. The van der Waals surface area contributed by atoms with Gasteiger partial charge in [0.2, 0.25) is 0 Å². The van der Waals surface area contributed by atoms with Crippen molar-refractivity contribution < 1.29 is 10.2 Å². The number of aromatic nitrogens is 3. The van der Waals surface area contributed by atoms with Gasteiger partial charge in [-0.05, 0) is 31.7 Å². The molecule has 0 aromatic carbocycles. The van der Waals surface area contributed by atoms with Gasteiger partial charge in [0, 0.05) is 24.8 Å². The average molecular weight is 374 g/mol. The number of rotatable bonds is 8. The third-order valence-electron chi connectivity index (χ3n) is 6.22. The normalized spacial score (nSPS) is 21.1. The van der Waals surface area contributed by atoms with Gasteiger partial charge in [-0.1, -0.05) is 25.7 Å². The second-order valence-corrected chi connectivity index (χ2v) is 8.03. The summed E-state index contributed by atoms with van der Waals surface area (Å²) in [6.07, 6.45) is 12.2. The lowest BCUT2D eigenvalue weighted by Gasteiger charge is -2.35. The molecular weight excluding hydrogens is 342 g/mol. The predicted molar refractivity (Wildman–Crippen MR) is 106 cm³/mol. The zero-order valence-corrected chi connectivity index (χ0v) is 15.8. The molecule has 4 N–H and O–H groups in total. The molecule has 0 bridgehead atoms. The largest absolute Gasteiger partial charge is 0.395 e. The summed E-state index contributed by atoms with van der Waals surface area (Å²) in [6, 6.07) is 2.48. The molecule has 27 heavy (non-hydrogen) atoms. The number of aliphatic hydroxyl groups is 2. The maximum Gasteiger partial charge on any atom is 0.142 e. The molecule has 2 atom stereocenters. The summed E-state index contributed by atoms with van der Waals surface area (Å²) in [4.78, 5) is 14.3. The fraction of sp³-hybridized carbons (Fsp3) is 0.700. The highest BCUT2D eigenvalue weighted by atomic mass is 16.3. The number of nitrogens with zero attached hydrogens (tertiary/aromatic N) is 3. The topological polar surface area (TPSA) is 97.3 Å². The van der Waals surface area contributed by atoms with Crippen molar-refractivity contribution in [1.29, 1.82) is 0 Å². The Kier molecular flexibility index (Phi) is 5.90. The molecule has 2 saturated carbocycles. The van der Waals surface area contributed by atoms with Crippen LogP contribution in [0.1, 0.15) is 51.4 Å². The van der Waals surface area contributed by atoms with E-state index in [0.717, 1.165) is 42.5 Å². The maximum atomic E-state index is 11.0. The minimum atomic E-state index is -0.653. The van der Waals surface area contributed by atoms with E-state index in [1.165, 1.54) is 25.7 Å². The van der Waals surface area contributed by atoms with Crippen molar-refractivity contribution in [2.45, 2.75) is 75.6 Å². The van der Waals surface area contributed by atoms with Gasteiger partial charge in [-0.2, -0.15) is 0 Å². The molecular formula is C20H31N5O2. The standard InChI is InChI=1S/C20H31N5O2/c26-12-17(24-14-5-1-2-6-14)18(27)11-25(15-7-3-4-8-15)20-16-9-10-21-19(16)22-13-23-20/h9-10,13-15,17-18,24,26-27H,1-8,11-12H2,(H,21,22,23). The number of hydrogen-bond acceptors (Lipinski definition) is 6. The van der Waals surface area contributed by atoms with Crippen LogP contribution < -0.4 is 10.2 Å². The Morgan fingerprint density at radius 1 is 1.15 bits per heavy atom. The van der Waals surface area contributed by atoms with Crippen LogP contribution in [0.2, 0.25) is 0 Å². The first-order chi connectivity index (χ1) is 13.3. The second kappa shape index (κ2) is 8.54. The van der Waals surface area contributed by atoms with E-state index in [1.54, 1.807) is 6.33 Å². The minimum absolute atomic E-state index is 0.0560. The zero-order valence-electron chi connectivity index (χ0n) is 15.8. The van der Waals surface area contributed by atoms with E-state index in [9.17, 15) is 10.2 Å². The van der Waals surface area contributed by atoms with Gasteiger partial charge in [0.05, 0.1) is 24.1 Å². The van der Waals surface area contributed by atoms with E-state index in [0.29, 0.717) is 18.6 Å². The number of nitrogens with one attached hydrogen (secondary N) is 2. The second-order valence-electron chi connectivity index (χ2n) is 8.03. The molecule has 2 fully saturated rings. The molecule has 148 valence electrons. The van der Waals surface area contributed by atoms with Crippen LogP contribution in [0.25, 0.3) is 11.0 Å². The van der Waals surface area contributed by atoms with Gasteiger partial charge < -0.3 is 25.4 Å². The Bertz CT molecular complexity index is 724. The Balaban J connectivity index is 1.54. The highest BCUT2D eigenvalue weighted by Gasteiger charge is 2.31. The van der Waals surface area contributed by atoms with Crippen LogP contribution in [0.3, 0.4) is 0 Å². The third kappa shape index (κ3) is 4.10. The number of aliphatic hydroxyl groups excluding tert-OH is 2. The first-order valence-corrected chi connectivity index (χ1v) is 10.4. The van der Waals surface area contributed by atoms with Gasteiger partial charge in [-0.3, -0.25) is 0 Å². The summed E-state index contributed by atoms with van der Waals surface area (Å²) in [5.41, 5.74) is 0.820. The van der Waals surface area contributed by atoms with E-state index in [2.05, 4.69) is 25.2 Å². The number of H-pyrrole nitrogens is 1. The van der Waals surface area contributed by atoms with Crippen LogP contribution in [0.5, 0.6) is 0 Å². The van der Waals surface area contributed by atoms with Gasteiger partial charge in [-0.15, -0.1) is 0 Å². The zero-order chi connectivity index (χ0) is 18.6. The number of anilines is 1. The molecule has 7 nitrogen and oxygen atoms in total. The maximum absolute atomic E-state index is 11.0. The average Bonchev–Trinajstić information content (AvgIpc) is 3.45. The molecule has 2 aromatic rings. The Hall–Kier alpha value is -1.70. The number of fused-ring (bicyclic) bond motifs is 1. The van der Waals surface area contributed by atoms with Crippen molar-refractivity contribution in [3.8, 4) is 0 Å². The SMILES string of the molecule is OCC(NC1CCCC1)C(O)CN(c1ncnc2[nH]ccc12)C1CCCC1. The van der Waals surface area contributed by atoms with E-state index in [1.807, 2.05) is 12.3 Å². The summed E-state index contributed by atoms with van der Waals surface area (Å²) in [6.45, 7) is 0.409. The van der Waals surface area contributed by atoms with Crippen molar-refractivity contribution in [3.05, 3.63) is 18.6 Å². The van der Waals surface area contributed by atoms with Crippen LogP contribution >= 0.6 is 0 Å². The van der Waals surface area contributed by atoms with Crippen LogP contribution in [0.15, 0.2) is 18.6 Å². The van der Waals surface area contributed by atoms with Gasteiger partial charge in [-0.25, -0.2) is 9.97 Å². The van der Waals surface area contributed by atoms with Gasteiger partial charge in [0.25, 0.3) is 0 Å². The molecule has 4 rings (SSSR count). The monoisotopic (exact) mass is 373 g/mol. The Morgan fingerprint density at radius 2 is 1.89 bits per heavy atom. The van der Waals surface area contributed by atoms with E-state index < -0.39 is 6.10 Å².